The molecule has 0 N–H and O–H groups in total. The Morgan fingerprint density at radius 1 is 1.19 bits per heavy atom. The highest BCUT2D eigenvalue weighted by Crippen LogP contribution is 2.18. The molecule has 3 heteroatoms. The normalized spacial score (nSPS) is 18.9. The molecule has 3 nitrogen and oxygen atoms in total. The third-order valence-corrected chi connectivity index (χ3v) is 3.89. The molecule has 2 aromatic rings. The number of likely N-dealkylation sites (tertiary alicyclic amines) is 1. The Morgan fingerprint density at radius 2 is 1.95 bits per heavy atom. The maximum atomic E-state index is 4.08. The fourth-order valence-electron chi connectivity index (χ4n) is 2.87. The smallest absolute Gasteiger partial charge is 0.0991 e. The van der Waals surface area contributed by atoms with E-state index in [1.165, 1.54) is 37.2 Å². The van der Waals surface area contributed by atoms with Crippen LogP contribution in [0.5, 0.6) is 0 Å². The average molecular weight is 285 g/mol. The van der Waals surface area contributed by atoms with Crippen LogP contribution in [0, 0.1) is 5.92 Å². The topological polar surface area (TPSA) is 21.1 Å². The molecule has 2 heterocycles. The van der Waals surface area contributed by atoms with Gasteiger partial charge >= 0.3 is 0 Å². The maximum Gasteiger partial charge on any atom is 0.0991 e. The highest BCUT2D eigenvalue weighted by atomic mass is 15.1. The van der Waals surface area contributed by atoms with Crippen LogP contribution in [-0.2, 0) is 6.54 Å². The minimum absolute atomic E-state index is 0.846. The second kappa shape index (κ2) is 7.99. The molecule has 1 aliphatic heterocycles. The zero-order chi connectivity index (χ0) is 15.1. The molecule has 0 amide bonds. The zero-order valence-corrected chi connectivity index (χ0v) is 13.5. The molecule has 1 unspecified atom stereocenters. The van der Waals surface area contributed by atoms with E-state index in [1.54, 1.807) is 0 Å². The Kier molecular flexibility index (Phi) is 6.00. The van der Waals surface area contributed by atoms with Gasteiger partial charge in [0.2, 0.25) is 0 Å². The fraction of sp³-hybridized carbons (Fsp3) is 0.500. The van der Waals surface area contributed by atoms with Crippen molar-refractivity contribution in [1.29, 1.82) is 0 Å². The van der Waals surface area contributed by atoms with Gasteiger partial charge in [-0.15, -0.1) is 0 Å². The van der Waals surface area contributed by atoms with Crippen molar-refractivity contribution in [2.45, 2.75) is 40.2 Å². The van der Waals surface area contributed by atoms with E-state index in [0.29, 0.717) is 0 Å². The summed E-state index contributed by atoms with van der Waals surface area (Å²) in [6.45, 7) is 9.92. The average Bonchev–Trinajstić information content (AvgIpc) is 3.04. The predicted octanol–water partition coefficient (Wildman–Crippen LogP) is 4.13. The number of hydrogen-bond donors (Lipinski definition) is 0. The Hall–Kier alpha value is -1.61. The summed E-state index contributed by atoms with van der Waals surface area (Å²) < 4.78 is 2.03. The van der Waals surface area contributed by atoms with E-state index in [0.717, 1.165) is 12.5 Å². The van der Waals surface area contributed by atoms with Crippen LogP contribution < -0.4 is 0 Å². The summed E-state index contributed by atoms with van der Waals surface area (Å²) in [5, 5.41) is 0. The van der Waals surface area contributed by atoms with Crippen LogP contribution in [0.4, 0.5) is 0 Å². The standard InChI is InChI=1S/C16H21N3.C2H6/c1-14-3-2-9-18(11-14)12-15-4-6-16(7-5-15)19-10-8-17-13-19;1-2/h4-8,10,13-14H,2-3,9,11-12H2,1H3;1-2H3. The van der Waals surface area contributed by atoms with E-state index in [-0.39, 0.29) is 0 Å². The predicted molar refractivity (Wildman–Crippen MR) is 88.6 cm³/mol. The summed E-state index contributed by atoms with van der Waals surface area (Å²) in [5.41, 5.74) is 2.58. The van der Waals surface area contributed by atoms with Crippen molar-refractivity contribution in [2.75, 3.05) is 13.1 Å². The molecule has 114 valence electrons. The van der Waals surface area contributed by atoms with Gasteiger partial charge in [0.15, 0.2) is 0 Å². The number of aromatic nitrogens is 2. The van der Waals surface area contributed by atoms with Gasteiger partial charge in [-0.3, -0.25) is 4.90 Å². The summed E-state index contributed by atoms with van der Waals surface area (Å²) in [6, 6.07) is 8.80. The summed E-state index contributed by atoms with van der Waals surface area (Å²) in [7, 11) is 0. The van der Waals surface area contributed by atoms with E-state index < -0.39 is 0 Å². The van der Waals surface area contributed by atoms with Crippen LogP contribution >= 0.6 is 0 Å². The van der Waals surface area contributed by atoms with Crippen molar-refractivity contribution < 1.29 is 0 Å². The van der Waals surface area contributed by atoms with Crippen molar-refractivity contribution in [3.05, 3.63) is 48.5 Å². The lowest BCUT2D eigenvalue weighted by Crippen LogP contribution is -2.33. The number of rotatable bonds is 3. The molecule has 0 radical (unpaired) electrons. The first kappa shape index (κ1) is 15.8. The van der Waals surface area contributed by atoms with Gasteiger partial charge in [0, 0.05) is 31.2 Å². The SMILES string of the molecule is CC.CC1CCCN(Cc2ccc(-n3ccnc3)cc2)C1. The summed E-state index contributed by atoms with van der Waals surface area (Å²) >= 11 is 0. The number of benzene rings is 1. The van der Waals surface area contributed by atoms with Gasteiger partial charge < -0.3 is 4.57 Å². The summed E-state index contributed by atoms with van der Waals surface area (Å²) in [5.74, 6) is 0.846. The second-order valence-corrected chi connectivity index (χ2v) is 5.62. The van der Waals surface area contributed by atoms with E-state index in [4.69, 9.17) is 0 Å². The van der Waals surface area contributed by atoms with Gasteiger partial charge in [-0.1, -0.05) is 32.9 Å². The van der Waals surface area contributed by atoms with Crippen LogP contribution in [0.15, 0.2) is 43.0 Å². The van der Waals surface area contributed by atoms with Crippen molar-refractivity contribution in [3.63, 3.8) is 0 Å². The zero-order valence-electron chi connectivity index (χ0n) is 13.5. The van der Waals surface area contributed by atoms with E-state index in [2.05, 4.69) is 41.1 Å². The molecule has 1 saturated heterocycles. The Bertz CT molecular complexity index is 502. The van der Waals surface area contributed by atoms with Crippen molar-refractivity contribution in [3.8, 4) is 5.69 Å². The highest BCUT2D eigenvalue weighted by Gasteiger charge is 2.15. The lowest BCUT2D eigenvalue weighted by molar-refractivity contribution is 0.176. The van der Waals surface area contributed by atoms with Crippen LogP contribution in [0.3, 0.4) is 0 Å². The molecule has 0 saturated carbocycles. The fourth-order valence-corrected chi connectivity index (χ4v) is 2.87. The van der Waals surface area contributed by atoms with Crippen LogP contribution in [0.1, 0.15) is 39.2 Å². The molecule has 0 aliphatic carbocycles. The van der Waals surface area contributed by atoms with Gasteiger partial charge in [-0.2, -0.15) is 0 Å². The molecule has 1 aromatic heterocycles. The molecular weight excluding hydrogens is 258 g/mol. The molecule has 0 spiro atoms. The maximum absolute atomic E-state index is 4.08. The number of piperidine rings is 1. The number of imidazole rings is 1. The van der Waals surface area contributed by atoms with Gasteiger partial charge in [0.1, 0.15) is 0 Å². The molecule has 1 fully saturated rings. The van der Waals surface area contributed by atoms with Crippen molar-refractivity contribution in [1.82, 2.24) is 14.5 Å². The third kappa shape index (κ3) is 4.43. The summed E-state index contributed by atoms with van der Waals surface area (Å²) in [4.78, 5) is 6.65. The Balaban J connectivity index is 0.000000774. The van der Waals surface area contributed by atoms with Crippen LogP contribution in [0.2, 0.25) is 0 Å². The molecule has 21 heavy (non-hydrogen) atoms. The van der Waals surface area contributed by atoms with Crippen molar-refractivity contribution in [2.24, 2.45) is 5.92 Å². The Morgan fingerprint density at radius 3 is 2.57 bits per heavy atom. The number of hydrogen-bond acceptors (Lipinski definition) is 2. The Labute approximate surface area is 128 Å². The third-order valence-electron chi connectivity index (χ3n) is 3.89. The molecule has 1 atom stereocenters. The highest BCUT2D eigenvalue weighted by molar-refractivity contribution is 5.34. The number of nitrogens with zero attached hydrogens (tertiary/aromatic N) is 3. The second-order valence-electron chi connectivity index (χ2n) is 5.62. The monoisotopic (exact) mass is 285 g/mol. The van der Waals surface area contributed by atoms with Gasteiger partial charge in [-0.25, -0.2) is 4.98 Å². The first-order valence-corrected chi connectivity index (χ1v) is 8.11. The molecule has 1 aromatic carbocycles. The van der Waals surface area contributed by atoms with Gasteiger partial charge in [0.05, 0.1) is 6.33 Å². The first-order valence-electron chi connectivity index (χ1n) is 8.11. The van der Waals surface area contributed by atoms with Crippen LogP contribution in [-0.4, -0.2) is 27.5 Å². The van der Waals surface area contributed by atoms with E-state index in [9.17, 15) is 0 Å². The minimum atomic E-state index is 0.846. The van der Waals surface area contributed by atoms with Crippen molar-refractivity contribution >= 4 is 0 Å². The molecule has 3 rings (SSSR count). The lowest BCUT2D eigenvalue weighted by atomic mass is 10.00. The molecule has 0 bridgehead atoms. The van der Waals surface area contributed by atoms with E-state index in [1.807, 2.05) is 37.1 Å². The molecular formula is C18H27N3. The quantitative estimate of drug-likeness (QED) is 0.845. The largest absolute Gasteiger partial charge is 0.306 e. The van der Waals surface area contributed by atoms with Gasteiger partial charge in [-0.05, 0) is 43.0 Å². The van der Waals surface area contributed by atoms with Crippen LogP contribution in [0.25, 0.3) is 5.69 Å². The van der Waals surface area contributed by atoms with E-state index >= 15 is 0 Å². The minimum Gasteiger partial charge on any atom is -0.306 e. The molecule has 1 aliphatic rings. The summed E-state index contributed by atoms with van der Waals surface area (Å²) in [6.07, 6.45) is 8.34. The first-order chi connectivity index (χ1) is 10.3. The van der Waals surface area contributed by atoms with Gasteiger partial charge in [0.25, 0.3) is 0 Å². The lowest BCUT2D eigenvalue weighted by Gasteiger charge is -2.30.